The minimum absolute atomic E-state index is 0.0425. The molecule has 0 saturated heterocycles. The molecule has 0 radical (unpaired) electrons. The standard InChI is InChI=1S/C14H16O3/c1-16-14-8-6-13(7-9-14)5-4-12-17-11-3-2-10-15/h2-3,6-9,15H,10-12H2,1H3/b3-2-. The van der Waals surface area contributed by atoms with E-state index in [0.29, 0.717) is 13.2 Å². The highest BCUT2D eigenvalue weighted by molar-refractivity contribution is 5.38. The van der Waals surface area contributed by atoms with Crippen molar-refractivity contribution in [1.82, 2.24) is 0 Å². The van der Waals surface area contributed by atoms with Crippen LogP contribution in [0.2, 0.25) is 0 Å². The summed E-state index contributed by atoms with van der Waals surface area (Å²) in [5.74, 6) is 6.71. The van der Waals surface area contributed by atoms with Crippen molar-refractivity contribution in [2.24, 2.45) is 0 Å². The largest absolute Gasteiger partial charge is 0.497 e. The van der Waals surface area contributed by atoms with Crippen LogP contribution in [0.4, 0.5) is 0 Å². The van der Waals surface area contributed by atoms with Crippen LogP contribution < -0.4 is 4.74 Å². The van der Waals surface area contributed by atoms with Crippen molar-refractivity contribution in [1.29, 1.82) is 0 Å². The molecule has 0 bridgehead atoms. The molecule has 90 valence electrons. The number of rotatable bonds is 5. The predicted octanol–water partition coefficient (Wildman–Crippen LogP) is 1.61. The minimum atomic E-state index is 0.0425. The highest BCUT2D eigenvalue weighted by Gasteiger charge is 1.89. The van der Waals surface area contributed by atoms with Gasteiger partial charge < -0.3 is 14.6 Å². The molecule has 0 saturated carbocycles. The van der Waals surface area contributed by atoms with E-state index in [-0.39, 0.29) is 6.61 Å². The molecule has 0 amide bonds. The summed E-state index contributed by atoms with van der Waals surface area (Å²) < 4.78 is 10.3. The van der Waals surface area contributed by atoms with Gasteiger partial charge in [-0.15, -0.1) is 0 Å². The molecule has 0 fully saturated rings. The van der Waals surface area contributed by atoms with E-state index in [1.165, 1.54) is 0 Å². The molecule has 0 aliphatic rings. The molecule has 0 unspecified atom stereocenters. The first kappa shape index (κ1) is 13.3. The van der Waals surface area contributed by atoms with Crippen molar-refractivity contribution >= 4 is 0 Å². The van der Waals surface area contributed by atoms with E-state index in [1.807, 2.05) is 24.3 Å². The van der Waals surface area contributed by atoms with Crippen LogP contribution in [-0.2, 0) is 4.74 Å². The lowest BCUT2D eigenvalue weighted by Crippen LogP contribution is -1.91. The Bertz CT molecular complexity index is 396. The van der Waals surface area contributed by atoms with Gasteiger partial charge in [0.05, 0.1) is 20.3 Å². The smallest absolute Gasteiger partial charge is 0.118 e. The van der Waals surface area contributed by atoms with Gasteiger partial charge in [0.25, 0.3) is 0 Å². The zero-order valence-corrected chi connectivity index (χ0v) is 9.85. The molecule has 0 aliphatic heterocycles. The maximum Gasteiger partial charge on any atom is 0.118 e. The van der Waals surface area contributed by atoms with Gasteiger partial charge in [0, 0.05) is 5.56 Å². The van der Waals surface area contributed by atoms with Crippen LogP contribution in [0.3, 0.4) is 0 Å². The molecular weight excluding hydrogens is 216 g/mol. The molecular formula is C14H16O3. The fourth-order valence-corrected chi connectivity index (χ4v) is 1.13. The molecule has 1 rings (SSSR count). The third-order valence-electron chi connectivity index (χ3n) is 1.98. The number of hydrogen-bond acceptors (Lipinski definition) is 3. The van der Waals surface area contributed by atoms with Gasteiger partial charge in [-0.05, 0) is 24.3 Å². The molecule has 1 aromatic rings. The normalized spacial score (nSPS) is 10.0. The molecule has 0 aliphatic carbocycles. The van der Waals surface area contributed by atoms with E-state index in [4.69, 9.17) is 14.6 Å². The third-order valence-corrected chi connectivity index (χ3v) is 1.98. The fraction of sp³-hybridized carbons (Fsp3) is 0.286. The molecule has 3 heteroatoms. The van der Waals surface area contributed by atoms with Gasteiger partial charge in [0.2, 0.25) is 0 Å². The number of aliphatic hydroxyl groups excluding tert-OH is 1. The van der Waals surface area contributed by atoms with E-state index < -0.39 is 0 Å². The quantitative estimate of drug-likeness (QED) is 0.476. The lowest BCUT2D eigenvalue weighted by atomic mass is 10.2. The van der Waals surface area contributed by atoms with Gasteiger partial charge in [-0.25, -0.2) is 0 Å². The van der Waals surface area contributed by atoms with Crippen LogP contribution in [-0.4, -0.2) is 32.0 Å². The summed E-state index contributed by atoms with van der Waals surface area (Å²) in [6, 6.07) is 7.54. The Morgan fingerprint density at radius 3 is 2.65 bits per heavy atom. The van der Waals surface area contributed by atoms with Crippen molar-refractivity contribution in [2.75, 3.05) is 26.9 Å². The Morgan fingerprint density at radius 1 is 1.24 bits per heavy atom. The lowest BCUT2D eigenvalue weighted by molar-refractivity contribution is 0.198. The first-order chi connectivity index (χ1) is 8.36. The predicted molar refractivity (Wildman–Crippen MR) is 66.9 cm³/mol. The van der Waals surface area contributed by atoms with Crippen LogP contribution in [0, 0.1) is 11.8 Å². The Morgan fingerprint density at radius 2 is 2.00 bits per heavy atom. The van der Waals surface area contributed by atoms with Crippen LogP contribution in [0.15, 0.2) is 36.4 Å². The van der Waals surface area contributed by atoms with Crippen LogP contribution in [0.5, 0.6) is 5.75 Å². The molecule has 0 spiro atoms. The lowest BCUT2D eigenvalue weighted by Gasteiger charge is -1.97. The van der Waals surface area contributed by atoms with Gasteiger partial charge in [-0.2, -0.15) is 0 Å². The monoisotopic (exact) mass is 232 g/mol. The molecule has 17 heavy (non-hydrogen) atoms. The molecule has 0 aromatic heterocycles. The topological polar surface area (TPSA) is 38.7 Å². The highest BCUT2D eigenvalue weighted by atomic mass is 16.5. The summed E-state index contributed by atoms with van der Waals surface area (Å²) in [7, 11) is 1.63. The van der Waals surface area contributed by atoms with E-state index in [9.17, 15) is 0 Å². The number of ether oxygens (including phenoxy) is 2. The molecule has 1 N–H and O–H groups in total. The highest BCUT2D eigenvalue weighted by Crippen LogP contribution is 2.09. The average Bonchev–Trinajstić information content (AvgIpc) is 2.38. The second-order valence-corrected chi connectivity index (χ2v) is 3.20. The van der Waals surface area contributed by atoms with Gasteiger partial charge >= 0.3 is 0 Å². The summed E-state index contributed by atoms with van der Waals surface area (Å²) in [5.41, 5.74) is 0.931. The Balaban J connectivity index is 2.30. The van der Waals surface area contributed by atoms with Gasteiger partial charge in [0.1, 0.15) is 12.4 Å². The number of aliphatic hydroxyl groups is 1. The number of methoxy groups -OCH3 is 1. The van der Waals surface area contributed by atoms with Gasteiger partial charge in [-0.1, -0.05) is 24.0 Å². The van der Waals surface area contributed by atoms with Crippen molar-refractivity contribution < 1.29 is 14.6 Å². The summed E-state index contributed by atoms with van der Waals surface area (Å²) in [4.78, 5) is 0. The zero-order valence-electron chi connectivity index (χ0n) is 9.85. The van der Waals surface area contributed by atoms with Gasteiger partial charge in [0.15, 0.2) is 0 Å². The summed E-state index contributed by atoms with van der Waals surface area (Å²) >= 11 is 0. The summed E-state index contributed by atoms with van der Waals surface area (Å²) in [6.45, 7) is 0.889. The second-order valence-electron chi connectivity index (χ2n) is 3.20. The zero-order chi connectivity index (χ0) is 12.3. The van der Waals surface area contributed by atoms with Crippen molar-refractivity contribution in [3.05, 3.63) is 42.0 Å². The maximum absolute atomic E-state index is 8.48. The maximum atomic E-state index is 8.48. The minimum Gasteiger partial charge on any atom is -0.497 e. The molecule has 3 nitrogen and oxygen atoms in total. The fourth-order valence-electron chi connectivity index (χ4n) is 1.13. The second kappa shape index (κ2) is 8.40. The number of hydrogen-bond donors (Lipinski definition) is 1. The average molecular weight is 232 g/mol. The van der Waals surface area contributed by atoms with Crippen molar-refractivity contribution in [3.8, 4) is 17.6 Å². The number of benzene rings is 1. The first-order valence-corrected chi connectivity index (χ1v) is 5.33. The van der Waals surface area contributed by atoms with E-state index in [2.05, 4.69) is 11.8 Å². The van der Waals surface area contributed by atoms with Gasteiger partial charge in [-0.3, -0.25) is 0 Å². The van der Waals surface area contributed by atoms with Crippen LogP contribution in [0.25, 0.3) is 0 Å². The Hall–Kier alpha value is -1.76. The first-order valence-electron chi connectivity index (χ1n) is 5.33. The van der Waals surface area contributed by atoms with Crippen molar-refractivity contribution in [3.63, 3.8) is 0 Å². The van der Waals surface area contributed by atoms with E-state index in [1.54, 1.807) is 19.3 Å². The SMILES string of the molecule is COc1ccc(C#CCOC/C=C\CO)cc1. The molecule has 0 heterocycles. The molecule has 0 atom stereocenters. The summed E-state index contributed by atoms with van der Waals surface area (Å²) in [6.07, 6.45) is 3.39. The van der Waals surface area contributed by atoms with Crippen LogP contribution in [0.1, 0.15) is 5.56 Å². The van der Waals surface area contributed by atoms with Crippen molar-refractivity contribution in [2.45, 2.75) is 0 Å². The van der Waals surface area contributed by atoms with E-state index in [0.717, 1.165) is 11.3 Å². The Labute approximate surface area is 102 Å². The van der Waals surface area contributed by atoms with E-state index >= 15 is 0 Å². The third kappa shape index (κ3) is 5.76. The summed E-state index contributed by atoms with van der Waals surface area (Å²) in [5, 5.41) is 8.48. The van der Waals surface area contributed by atoms with Crippen LogP contribution >= 0.6 is 0 Å². The Kier molecular flexibility index (Phi) is 6.57. The molecule has 1 aromatic carbocycles.